The van der Waals surface area contributed by atoms with E-state index in [4.69, 9.17) is 0 Å². The van der Waals surface area contributed by atoms with Crippen molar-refractivity contribution in [2.24, 2.45) is 0 Å². The van der Waals surface area contributed by atoms with Crippen molar-refractivity contribution >= 4 is 27.6 Å². The number of nitrogens with zero attached hydrogens (tertiary/aromatic N) is 5. The third-order valence-corrected chi connectivity index (χ3v) is 4.94. The molecular weight excluding hydrogens is 380 g/mol. The quantitative estimate of drug-likeness (QED) is 0.757. The summed E-state index contributed by atoms with van der Waals surface area (Å²) in [6, 6.07) is 2.37. The van der Waals surface area contributed by atoms with Gasteiger partial charge in [0.2, 0.25) is 0 Å². The van der Waals surface area contributed by atoms with Crippen LogP contribution in [-0.4, -0.2) is 66.6 Å². The zero-order valence-electron chi connectivity index (χ0n) is 13.8. The van der Waals surface area contributed by atoms with Crippen LogP contribution in [0, 0.1) is 0 Å². The molecule has 0 aromatic carbocycles. The van der Waals surface area contributed by atoms with Crippen molar-refractivity contribution < 1.29 is 8.78 Å². The maximum atomic E-state index is 13.3. The minimum atomic E-state index is -2.54. The molecule has 0 bridgehead atoms. The van der Waals surface area contributed by atoms with E-state index in [0.717, 1.165) is 35.8 Å². The smallest absolute Gasteiger partial charge is 0.251 e. The highest BCUT2D eigenvalue weighted by atomic mass is 79.9. The molecule has 2 aliphatic rings. The Morgan fingerprint density at radius 3 is 2.46 bits per heavy atom. The van der Waals surface area contributed by atoms with Crippen molar-refractivity contribution in [1.82, 2.24) is 14.9 Å². The van der Waals surface area contributed by atoms with E-state index in [0.29, 0.717) is 19.1 Å². The molecule has 1 aromatic rings. The molecule has 2 aliphatic heterocycles. The molecule has 3 rings (SSSR count). The second kappa shape index (κ2) is 6.92. The molecular formula is C16H22BrF2N5. The number of anilines is 2. The van der Waals surface area contributed by atoms with E-state index in [2.05, 4.69) is 49.3 Å². The summed E-state index contributed by atoms with van der Waals surface area (Å²) in [6.07, 6.45) is 1.30. The first-order valence-electron chi connectivity index (χ1n) is 8.07. The number of hydrogen-bond acceptors (Lipinski definition) is 5. The SMILES string of the molecule is C=C(Br)CN(C)C1CN(c2cc(N3CCC(F)(F)CC3)ncn2)C1. The lowest BCUT2D eigenvalue weighted by atomic mass is 10.1. The molecule has 1 aromatic heterocycles. The van der Waals surface area contributed by atoms with Crippen LogP contribution in [0.2, 0.25) is 0 Å². The third-order valence-electron chi connectivity index (χ3n) is 4.69. The Kier molecular flexibility index (Phi) is 5.05. The van der Waals surface area contributed by atoms with E-state index in [-0.39, 0.29) is 12.8 Å². The van der Waals surface area contributed by atoms with E-state index < -0.39 is 5.92 Å². The Hall–Kier alpha value is -1.28. The topological polar surface area (TPSA) is 35.5 Å². The summed E-state index contributed by atoms with van der Waals surface area (Å²) in [4.78, 5) is 14.9. The summed E-state index contributed by atoms with van der Waals surface area (Å²) in [5.74, 6) is -0.943. The second-order valence-corrected chi connectivity index (χ2v) is 7.69. The summed E-state index contributed by atoms with van der Waals surface area (Å²) in [7, 11) is 2.08. The monoisotopic (exact) mass is 401 g/mol. The molecule has 5 nitrogen and oxygen atoms in total. The second-order valence-electron chi connectivity index (χ2n) is 6.57. The first-order valence-corrected chi connectivity index (χ1v) is 8.87. The zero-order chi connectivity index (χ0) is 17.3. The lowest BCUT2D eigenvalue weighted by molar-refractivity contribution is -0.0221. The molecule has 0 aliphatic carbocycles. The fraction of sp³-hybridized carbons (Fsp3) is 0.625. The van der Waals surface area contributed by atoms with Gasteiger partial charge in [-0.25, -0.2) is 18.7 Å². The Bertz CT molecular complexity index is 596. The first-order chi connectivity index (χ1) is 11.3. The minimum absolute atomic E-state index is 0.112. The standard InChI is InChI=1S/C16H22BrF2N5/c1-12(17)8-22(2)13-9-24(10-13)15-7-14(20-11-21-15)23-5-3-16(18,19)4-6-23/h7,11,13H,1,3-6,8-10H2,2H3. The van der Waals surface area contributed by atoms with Crippen LogP contribution in [0.15, 0.2) is 23.5 Å². The van der Waals surface area contributed by atoms with Gasteiger partial charge in [-0.1, -0.05) is 22.5 Å². The lowest BCUT2D eigenvalue weighted by Gasteiger charge is -2.44. The molecule has 0 atom stereocenters. The summed E-state index contributed by atoms with van der Waals surface area (Å²) in [5, 5.41) is 0. The molecule has 2 saturated heterocycles. The van der Waals surface area contributed by atoms with Crippen LogP contribution >= 0.6 is 15.9 Å². The average Bonchev–Trinajstić information content (AvgIpc) is 2.45. The molecule has 0 N–H and O–H groups in total. The van der Waals surface area contributed by atoms with Crippen LogP contribution < -0.4 is 9.80 Å². The van der Waals surface area contributed by atoms with Gasteiger partial charge in [-0.2, -0.15) is 0 Å². The average molecular weight is 402 g/mol. The maximum Gasteiger partial charge on any atom is 0.251 e. The molecule has 8 heteroatoms. The highest BCUT2D eigenvalue weighted by Gasteiger charge is 2.35. The first kappa shape index (κ1) is 17.5. The number of likely N-dealkylation sites (N-methyl/N-ethyl adjacent to an activating group) is 1. The highest BCUT2D eigenvalue weighted by molar-refractivity contribution is 9.11. The van der Waals surface area contributed by atoms with Gasteiger partial charge in [0, 0.05) is 62.2 Å². The summed E-state index contributed by atoms with van der Waals surface area (Å²) >= 11 is 3.39. The van der Waals surface area contributed by atoms with E-state index in [1.807, 2.05) is 11.0 Å². The number of halogens is 3. The molecule has 24 heavy (non-hydrogen) atoms. The van der Waals surface area contributed by atoms with Crippen molar-refractivity contribution in [1.29, 1.82) is 0 Å². The number of alkyl halides is 2. The number of hydrogen-bond donors (Lipinski definition) is 0. The van der Waals surface area contributed by atoms with Gasteiger partial charge in [-0.15, -0.1) is 0 Å². The normalized spacial score (nSPS) is 21.0. The molecule has 132 valence electrons. The Morgan fingerprint density at radius 2 is 1.88 bits per heavy atom. The largest absolute Gasteiger partial charge is 0.356 e. The van der Waals surface area contributed by atoms with E-state index in [9.17, 15) is 8.78 Å². The van der Waals surface area contributed by atoms with E-state index >= 15 is 0 Å². The van der Waals surface area contributed by atoms with Crippen LogP contribution in [0.25, 0.3) is 0 Å². The van der Waals surface area contributed by atoms with Crippen molar-refractivity contribution in [3.8, 4) is 0 Å². The lowest BCUT2D eigenvalue weighted by Crippen LogP contribution is -2.59. The molecule has 0 radical (unpaired) electrons. The maximum absolute atomic E-state index is 13.3. The van der Waals surface area contributed by atoms with Gasteiger partial charge in [0.1, 0.15) is 18.0 Å². The van der Waals surface area contributed by atoms with E-state index in [1.54, 1.807) is 0 Å². The van der Waals surface area contributed by atoms with Crippen LogP contribution in [0.5, 0.6) is 0 Å². The van der Waals surface area contributed by atoms with Gasteiger partial charge in [-0.3, -0.25) is 4.90 Å². The zero-order valence-corrected chi connectivity index (χ0v) is 15.3. The number of rotatable bonds is 5. The molecule has 2 fully saturated rings. The van der Waals surface area contributed by atoms with Crippen LogP contribution in [0.4, 0.5) is 20.4 Å². The summed E-state index contributed by atoms with van der Waals surface area (Å²) in [6.45, 7) is 7.14. The molecule has 0 spiro atoms. The van der Waals surface area contributed by atoms with Crippen molar-refractivity contribution in [3.63, 3.8) is 0 Å². The number of aromatic nitrogens is 2. The summed E-state index contributed by atoms with van der Waals surface area (Å²) < 4.78 is 27.6. The van der Waals surface area contributed by atoms with Crippen molar-refractivity contribution in [3.05, 3.63) is 23.5 Å². The van der Waals surface area contributed by atoms with Crippen LogP contribution in [0.1, 0.15) is 12.8 Å². The highest BCUT2D eigenvalue weighted by Crippen LogP contribution is 2.31. The Balaban J connectivity index is 1.58. The number of piperidine rings is 1. The molecule has 0 saturated carbocycles. The molecule has 3 heterocycles. The predicted molar refractivity (Wildman–Crippen MR) is 95.1 cm³/mol. The Labute approximate surface area is 149 Å². The fourth-order valence-electron chi connectivity index (χ4n) is 3.07. The van der Waals surface area contributed by atoms with E-state index in [1.165, 1.54) is 6.33 Å². The summed E-state index contributed by atoms with van der Waals surface area (Å²) in [5.41, 5.74) is 0. The van der Waals surface area contributed by atoms with Gasteiger partial charge in [0.25, 0.3) is 5.92 Å². The van der Waals surface area contributed by atoms with Gasteiger partial charge in [0.05, 0.1) is 0 Å². The van der Waals surface area contributed by atoms with Gasteiger partial charge in [0.15, 0.2) is 0 Å². The third kappa shape index (κ3) is 4.03. The van der Waals surface area contributed by atoms with Gasteiger partial charge < -0.3 is 9.80 Å². The van der Waals surface area contributed by atoms with Crippen molar-refractivity contribution in [2.45, 2.75) is 24.8 Å². The fourth-order valence-corrected chi connectivity index (χ4v) is 3.46. The Morgan fingerprint density at radius 1 is 1.29 bits per heavy atom. The molecule has 0 unspecified atom stereocenters. The minimum Gasteiger partial charge on any atom is -0.356 e. The molecule has 0 amide bonds. The van der Waals surface area contributed by atoms with Gasteiger partial charge >= 0.3 is 0 Å². The van der Waals surface area contributed by atoms with Crippen molar-refractivity contribution in [2.75, 3.05) is 49.6 Å². The predicted octanol–water partition coefficient (Wildman–Crippen LogP) is 2.74. The van der Waals surface area contributed by atoms with Crippen LogP contribution in [-0.2, 0) is 0 Å². The van der Waals surface area contributed by atoms with Gasteiger partial charge in [-0.05, 0) is 7.05 Å². The van der Waals surface area contributed by atoms with Crippen LogP contribution in [0.3, 0.4) is 0 Å².